The Labute approximate surface area is 60.9 Å². The summed E-state index contributed by atoms with van der Waals surface area (Å²) < 4.78 is 0. The van der Waals surface area contributed by atoms with Crippen LogP contribution < -0.4 is 0 Å². The van der Waals surface area contributed by atoms with Crippen LogP contribution in [-0.4, -0.2) is 6.69 Å². The van der Waals surface area contributed by atoms with Crippen LogP contribution in [0.5, 0.6) is 0 Å². The number of allylic oxidation sites excluding steroid dienone is 2. The topological polar surface area (TPSA) is 0 Å². The monoisotopic (exact) mass is 168 g/mol. The first kappa shape index (κ1) is 8.54. The van der Waals surface area contributed by atoms with E-state index in [0.29, 0.717) is 0 Å². The van der Waals surface area contributed by atoms with Crippen molar-refractivity contribution >= 4 is 28.9 Å². The minimum atomic E-state index is -1.82. The summed E-state index contributed by atoms with van der Waals surface area (Å²) in [6.45, 7) is 2.06. The Balaban J connectivity index is 3.39. The minimum Gasteiger partial charge on any atom is -0.146 e. The lowest BCUT2D eigenvalue weighted by Gasteiger charge is -2.03. The predicted octanol–water partition coefficient (Wildman–Crippen LogP) is 3.11. The normalized spacial score (nSPS) is 13.0. The van der Waals surface area contributed by atoms with Crippen molar-refractivity contribution in [3.05, 3.63) is 12.2 Å². The molecule has 0 saturated heterocycles. The molecule has 0 amide bonds. The van der Waals surface area contributed by atoms with Gasteiger partial charge in [0.2, 0.25) is 0 Å². The molecular formula is C5H10Cl2Si. The molecule has 0 saturated carbocycles. The van der Waals surface area contributed by atoms with Crippen molar-refractivity contribution < 1.29 is 0 Å². The van der Waals surface area contributed by atoms with Gasteiger partial charge in [0, 0.05) is 0 Å². The average molecular weight is 169 g/mol. The van der Waals surface area contributed by atoms with Gasteiger partial charge in [0.25, 0.3) is 6.69 Å². The van der Waals surface area contributed by atoms with Gasteiger partial charge in [-0.1, -0.05) is 12.2 Å². The molecule has 0 fully saturated rings. The number of halogens is 2. The molecule has 0 nitrogen and oxygen atoms in total. The zero-order valence-electron chi connectivity index (χ0n) is 5.12. The molecule has 0 aliphatic rings. The van der Waals surface area contributed by atoms with E-state index in [9.17, 15) is 0 Å². The van der Waals surface area contributed by atoms with Gasteiger partial charge < -0.3 is 0 Å². The van der Waals surface area contributed by atoms with E-state index in [1.807, 2.05) is 25.6 Å². The zero-order valence-corrected chi connectivity index (χ0v) is 7.63. The van der Waals surface area contributed by atoms with Crippen LogP contribution in [-0.2, 0) is 0 Å². The summed E-state index contributed by atoms with van der Waals surface area (Å²) in [5.41, 5.74) is 0. The molecule has 8 heavy (non-hydrogen) atoms. The summed E-state index contributed by atoms with van der Waals surface area (Å²) in [7, 11) is 0. The van der Waals surface area contributed by atoms with Crippen LogP contribution in [0, 0.1) is 0 Å². The molecule has 0 aromatic heterocycles. The number of hydrogen-bond donors (Lipinski definition) is 0. The van der Waals surface area contributed by atoms with Crippen molar-refractivity contribution in [2.45, 2.75) is 19.5 Å². The minimum absolute atomic E-state index is 0.854. The van der Waals surface area contributed by atoms with Crippen molar-refractivity contribution in [1.82, 2.24) is 0 Å². The fraction of sp³-hybridized carbons (Fsp3) is 0.600. The van der Waals surface area contributed by atoms with Gasteiger partial charge in [-0.25, -0.2) is 0 Å². The van der Waals surface area contributed by atoms with E-state index in [-0.39, 0.29) is 0 Å². The first-order valence-electron chi connectivity index (χ1n) is 2.55. The SMILES string of the molecule is C/C=C\C[Si](C)(Cl)Cl. The summed E-state index contributed by atoms with van der Waals surface area (Å²) >= 11 is 11.5. The van der Waals surface area contributed by atoms with E-state index in [1.165, 1.54) is 0 Å². The Morgan fingerprint density at radius 2 is 2.00 bits per heavy atom. The molecule has 0 aromatic carbocycles. The van der Waals surface area contributed by atoms with Crippen LogP contribution in [0.15, 0.2) is 12.2 Å². The van der Waals surface area contributed by atoms with Gasteiger partial charge in [0.1, 0.15) is 0 Å². The van der Waals surface area contributed by atoms with Crippen molar-refractivity contribution in [2.24, 2.45) is 0 Å². The molecule has 0 aliphatic carbocycles. The van der Waals surface area contributed by atoms with Crippen LogP contribution >= 0.6 is 22.2 Å². The molecule has 0 rings (SSSR count). The Bertz CT molecular complexity index is 82.9. The summed E-state index contributed by atoms with van der Waals surface area (Å²) in [5, 5.41) is 0. The Morgan fingerprint density at radius 1 is 1.50 bits per heavy atom. The molecule has 3 heteroatoms. The lowest BCUT2D eigenvalue weighted by atomic mass is 10.6. The highest BCUT2D eigenvalue weighted by atomic mass is 35.7. The van der Waals surface area contributed by atoms with E-state index in [2.05, 4.69) is 0 Å². The third-order valence-corrected chi connectivity index (χ3v) is 2.59. The second-order valence-electron chi connectivity index (χ2n) is 1.84. The van der Waals surface area contributed by atoms with Crippen molar-refractivity contribution in [2.75, 3.05) is 0 Å². The van der Waals surface area contributed by atoms with Gasteiger partial charge in [-0.3, -0.25) is 0 Å². The Hall–Kier alpha value is 0.537. The highest BCUT2D eigenvalue weighted by Gasteiger charge is 2.17. The van der Waals surface area contributed by atoms with Gasteiger partial charge in [0.05, 0.1) is 0 Å². The lowest BCUT2D eigenvalue weighted by molar-refractivity contribution is 1.59. The zero-order chi connectivity index (χ0) is 6.62. The molecule has 0 heterocycles. The third kappa shape index (κ3) is 6.54. The van der Waals surface area contributed by atoms with Gasteiger partial charge in [0.15, 0.2) is 0 Å². The predicted molar refractivity (Wildman–Crippen MR) is 42.9 cm³/mol. The van der Waals surface area contributed by atoms with E-state index >= 15 is 0 Å². The van der Waals surface area contributed by atoms with Crippen molar-refractivity contribution in [1.29, 1.82) is 0 Å². The Kier molecular flexibility index (Phi) is 3.78. The maximum atomic E-state index is 5.76. The maximum Gasteiger partial charge on any atom is 0.252 e. The average Bonchev–Trinajstić information content (AvgIpc) is 1.59. The molecule has 0 spiro atoms. The largest absolute Gasteiger partial charge is 0.252 e. The molecule has 0 atom stereocenters. The third-order valence-electron chi connectivity index (χ3n) is 0.712. The second kappa shape index (κ2) is 3.54. The van der Waals surface area contributed by atoms with Crippen LogP contribution in [0.4, 0.5) is 0 Å². The van der Waals surface area contributed by atoms with Gasteiger partial charge in [-0.15, -0.1) is 22.2 Å². The molecule has 0 N–H and O–H groups in total. The van der Waals surface area contributed by atoms with E-state index in [1.54, 1.807) is 0 Å². The smallest absolute Gasteiger partial charge is 0.146 e. The van der Waals surface area contributed by atoms with Gasteiger partial charge in [-0.2, -0.15) is 0 Å². The first-order valence-corrected chi connectivity index (χ1v) is 7.28. The quantitative estimate of drug-likeness (QED) is 0.338. The standard InChI is InChI=1S/C5H10Cl2Si/c1-3-4-5-8(2,6)7/h3-4H,5H2,1-2H3/b4-3-. The summed E-state index contributed by atoms with van der Waals surface area (Å²) in [6.07, 6.45) is 3.97. The molecule has 48 valence electrons. The molecule has 0 aliphatic heterocycles. The van der Waals surface area contributed by atoms with Gasteiger partial charge in [-0.05, 0) is 19.5 Å². The molecule has 0 radical (unpaired) electrons. The van der Waals surface area contributed by atoms with E-state index < -0.39 is 6.69 Å². The van der Waals surface area contributed by atoms with E-state index in [4.69, 9.17) is 22.2 Å². The van der Waals surface area contributed by atoms with Crippen LogP contribution in [0.25, 0.3) is 0 Å². The van der Waals surface area contributed by atoms with Gasteiger partial charge >= 0.3 is 0 Å². The van der Waals surface area contributed by atoms with Crippen LogP contribution in [0.1, 0.15) is 6.92 Å². The molecule has 0 aromatic rings. The fourth-order valence-corrected chi connectivity index (χ4v) is 1.51. The summed E-state index contributed by atoms with van der Waals surface area (Å²) in [4.78, 5) is 0. The first-order chi connectivity index (χ1) is 3.56. The Morgan fingerprint density at radius 3 is 2.12 bits per heavy atom. The maximum absolute atomic E-state index is 5.76. The van der Waals surface area contributed by atoms with Crippen LogP contribution in [0.3, 0.4) is 0 Å². The van der Waals surface area contributed by atoms with Crippen molar-refractivity contribution in [3.63, 3.8) is 0 Å². The number of rotatable bonds is 2. The molecular weight excluding hydrogens is 159 g/mol. The fourth-order valence-electron chi connectivity index (χ4n) is 0.325. The number of hydrogen-bond acceptors (Lipinski definition) is 0. The summed E-state index contributed by atoms with van der Waals surface area (Å²) in [5.74, 6) is 0. The summed E-state index contributed by atoms with van der Waals surface area (Å²) in [6, 6.07) is 0.854. The van der Waals surface area contributed by atoms with Crippen molar-refractivity contribution in [3.8, 4) is 0 Å². The highest BCUT2D eigenvalue weighted by molar-refractivity contribution is 7.45. The molecule has 0 bridgehead atoms. The lowest BCUT2D eigenvalue weighted by Crippen LogP contribution is -2.09. The molecule has 0 unspecified atom stereocenters. The van der Waals surface area contributed by atoms with Crippen LogP contribution in [0.2, 0.25) is 12.6 Å². The second-order valence-corrected chi connectivity index (χ2v) is 9.98. The highest BCUT2D eigenvalue weighted by Crippen LogP contribution is 2.19. The van der Waals surface area contributed by atoms with E-state index in [0.717, 1.165) is 6.04 Å².